The van der Waals surface area contributed by atoms with E-state index in [1.165, 1.54) is 0 Å². The lowest BCUT2D eigenvalue weighted by molar-refractivity contribution is 0.174. The van der Waals surface area contributed by atoms with E-state index in [0.29, 0.717) is 0 Å². The van der Waals surface area contributed by atoms with Crippen molar-refractivity contribution in [2.45, 2.75) is 0 Å². The first-order valence-corrected chi connectivity index (χ1v) is 5.88. The standard InChI is InChI=1S/C17H10O2/c1-2-6-14(7-3-1)8-4-5-9-15-10-11-16-17(12-15)19-13-18-16/h1-3,6-7,10-12H,13H2. The molecule has 90 valence electrons. The predicted molar refractivity (Wildman–Crippen MR) is 72.8 cm³/mol. The Morgan fingerprint density at radius 3 is 2.32 bits per heavy atom. The Morgan fingerprint density at radius 2 is 1.47 bits per heavy atom. The molecule has 0 fully saturated rings. The SMILES string of the molecule is C(C#Cc1ccc2c(c1)OCO2)#Cc1ccccc1. The Balaban J connectivity index is 1.76. The Kier molecular flexibility index (Phi) is 3.09. The van der Waals surface area contributed by atoms with E-state index in [1.54, 1.807) is 0 Å². The molecule has 1 aliphatic rings. The van der Waals surface area contributed by atoms with Gasteiger partial charge in [-0.25, -0.2) is 0 Å². The molecule has 2 aromatic carbocycles. The Bertz CT molecular complexity index is 710. The van der Waals surface area contributed by atoms with Gasteiger partial charge < -0.3 is 9.47 Å². The molecule has 0 aliphatic carbocycles. The van der Waals surface area contributed by atoms with Gasteiger partial charge in [-0.05, 0) is 42.2 Å². The fraction of sp³-hybridized carbons (Fsp3) is 0.0588. The molecule has 0 atom stereocenters. The summed E-state index contributed by atoms with van der Waals surface area (Å²) in [6.07, 6.45) is 0. The molecule has 0 saturated carbocycles. The molecule has 2 heteroatoms. The molecule has 2 nitrogen and oxygen atoms in total. The number of ether oxygens (including phenoxy) is 2. The number of hydrogen-bond donors (Lipinski definition) is 0. The summed E-state index contributed by atoms with van der Waals surface area (Å²) in [5, 5.41) is 0. The van der Waals surface area contributed by atoms with Crippen LogP contribution in [0.4, 0.5) is 0 Å². The van der Waals surface area contributed by atoms with Crippen molar-refractivity contribution in [3.8, 4) is 35.2 Å². The van der Waals surface area contributed by atoms with E-state index in [9.17, 15) is 0 Å². The Hall–Kier alpha value is -2.84. The fourth-order valence-electron chi connectivity index (χ4n) is 1.70. The smallest absolute Gasteiger partial charge is 0.231 e. The zero-order valence-electron chi connectivity index (χ0n) is 10.1. The summed E-state index contributed by atoms with van der Waals surface area (Å²) in [6, 6.07) is 15.4. The van der Waals surface area contributed by atoms with Crippen LogP contribution in [-0.2, 0) is 0 Å². The minimum absolute atomic E-state index is 0.278. The molecule has 0 radical (unpaired) electrons. The van der Waals surface area contributed by atoms with Crippen LogP contribution >= 0.6 is 0 Å². The van der Waals surface area contributed by atoms with Crippen molar-refractivity contribution in [3.05, 3.63) is 59.7 Å². The first-order chi connectivity index (χ1) is 9.42. The summed E-state index contributed by atoms with van der Waals surface area (Å²) < 4.78 is 10.5. The van der Waals surface area contributed by atoms with Gasteiger partial charge in [0, 0.05) is 11.1 Å². The highest BCUT2D eigenvalue weighted by Gasteiger charge is 2.12. The molecular formula is C17H10O2. The van der Waals surface area contributed by atoms with Gasteiger partial charge in [-0.2, -0.15) is 0 Å². The van der Waals surface area contributed by atoms with E-state index in [4.69, 9.17) is 9.47 Å². The van der Waals surface area contributed by atoms with Gasteiger partial charge >= 0.3 is 0 Å². The van der Waals surface area contributed by atoms with Crippen molar-refractivity contribution in [2.24, 2.45) is 0 Å². The van der Waals surface area contributed by atoms with Crippen LogP contribution in [0.1, 0.15) is 11.1 Å². The van der Waals surface area contributed by atoms with Gasteiger partial charge in [0.05, 0.1) is 0 Å². The third-order valence-electron chi connectivity index (χ3n) is 2.62. The van der Waals surface area contributed by atoms with Gasteiger partial charge in [0.25, 0.3) is 0 Å². The first kappa shape index (κ1) is 11.3. The summed E-state index contributed by atoms with van der Waals surface area (Å²) in [5.74, 6) is 13.1. The maximum Gasteiger partial charge on any atom is 0.231 e. The normalized spacial score (nSPS) is 10.9. The van der Waals surface area contributed by atoms with Crippen molar-refractivity contribution >= 4 is 0 Å². The van der Waals surface area contributed by atoms with E-state index in [1.807, 2.05) is 48.5 Å². The van der Waals surface area contributed by atoms with Crippen LogP contribution in [0.15, 0.2) is 48.5 Å². The van der Waals surface area contributed by atoms with E-state index < -0.39 is 0 Å². The topological polar surface area (TPSA) is 18.5 Å². The van der Waals surface area contributed by atoms with Gasteiger partial charge in [0.15, 0.2) is 11.5 Å². The lowest BCUT2D eigenvalue weighted by Crippen LogP contribution is -1.92. The maximum absolute atomic E-state index is 5.29. The first-order valence-electron chi connectivity index (χ1n) is 5.88. The van der Waals surface area contributed by atoms with Crippen molar-refractivity contribution < 1.29 is 9.47 Å². The molecule has 0 saturated heterocycles. The van der Waals surface area contributed by atoms with E-state index >= 15 is 0 Å². The zero-order chi connectivity index (χ0) is 12.9. The minimum atomic E-state index is 0.278. The fourth-order valence-corrected chi connectivity index (χ4v) is 1.70. The molecule has 2 aromatic rings. The predicted octanol–water partition coefficient (Wildman–Crippen LogP) is 2.82. The summed E-state index contributed by atoms with van der Waals surface area (Å²) in [4.78, 5) is 0. The quantitative estimate of drug-likeness (QED) is 0.665. The highest BCUT2D eigenvalue weighted by Crippen LogP contribution is 2.32. The van der Waals surface area contributed by atoms with E-state index in [2.05, 4.69) is 23.7 Å². The molecule has 0 spiro atoms. The zero-order valence-corrected chi connectivity index (χ0v) is 10.1. The summed E-state index contributed by atoms with van der Waals surface area (Å²) in [7, 11) is 0. The second-order valence-electron chi connectivity index (χ2n) is 3.93. The van der Waals surface area contributed by atoms with Gasteiger partial charge in [-0.15, -0.1) is 0 Å². The number of rotatable bonds is 0. The van der Waals surface area contributed by atoms with Crippen LogP contribution in [0, 0.1) is 23.7 Å². The minimum Gasteiger partial charge on any atom is -0.454 e. The molecule has 0 aromatic heterocycles. The molecule has 0 unspecified atom stereocenters. The number of benzene rings is 2. The molecular weight excluding hydrogens is 236 g/mol. The largest absolute Gasteiger partial charge is 0.454 e. The van der Waals surface area contributed by atoms with Crippen molar-refractivity contribution in [2.75, 3.05) is 6.79 Å². The lowest BCUT2D eigenvalue weighted by Gasteiger charge is -1.94. The van der Waals surface area contributed by atoms with Crippen LogP contribution in [0.2, 0.25) is 0 Å². The summed E-state index contributed by atoms with van der Waals surface area (Å²) in [6.45, 7) is 0.278. The van der Waals surface area contributed by atoms with Gasteiger partial charge in [-0.3, -0.25) is 0 Å². The molecule has 19 heavy (non-hydrogen) atoms. The Morgan fingerprint density at radius 1 is 0.737 bits per heavy atom. The van der Waals surface area contributed by atoms with Crippen LogP contribution in [0.25, 0.3) is 0 Å². The van der Waals surface area contributed by atoms with Crippen LogP contribution < -0.4 is 9.47 Å². The third kappa shape index (κ3) is 2.70. The highest BCUT2D eigenvalue weighted by atomic mass is 16.7. The number of fused-ring (bicyclic) bond motifs is 1. The lowest BCUT2D eigenvalue weighted by atomic mass is 10.2. The van der Waals surface area contributed by atoms with Crippen LogP contribution in [0.5, 0.6) is 11.5 Å². The highest BCUT2D eigenvalue weighted by molar-refractivity contribution is 5.51. The summed E-state index contributed by atoms with van der Waals surface area (Å²) in [5.41, 5.74) is 1.83. The van der Waals surface area contributed by atoms with Crippen LogP contribution in [-0.4, -0.2) is 6.79 Å². The summed E-state index contributed by atoms with van der Waals surface area (Å²) >= 11 is 0. The maximum atomic E-state index is 5.29. The van der Waals surface area contributed by atoms with Gasteiger partial charge in [0.2, 0.25) is 6.79 Å². The van der Waals surface area contributed by atoms with E-state index in [0.717, 1.165) is 22.6 Å². The van der Waals surface area contributed by atoms with Crippen molar-refractivity contribution in [1.29, 1.82) is 0 Å². The number of hydrogen-bond acceptors (Lipinski definition) is 2. The molecule has 0 bridgehead atoms. The van der Waals surface area contributed by atoms with Gasteiger partial charge in [-0.1, -0.05) is 30.0 Å². The molecule has 1 aliphatic heterocycles. The monoisotopic (exact) mass is 246 g/mol. The molecule has 1 heterocycles. The Labute approximate surface area is 112 Å². The second kappa shape index (κ2) is 5.21. The van der Waals surface area contributed by atoms with Crippen molar-refractivity contribution in [3.63, 3.8) is 0 Å². The van der Waals surface area contributed by atoms with Crippen molar-refractivity contribution in [1.82, 2.24) is 0 Å². The molecule has 0 N–H and O–H groups in total. The third-order valence-corrected chi connectivity index (χ3v) is 2.62. The van der Waals surface area contributed by atoms with Crippen LogP contribution in [0.3, 0.4) is 0 Å². The second-order valence-corrected chi connectivity index (χ2v) is 3.93. The average Bonchev–Trinajstić information content (AvgIpc) is 2.92. The molecule has 3 rings (SSSR count). The van der Waals surface area contributed by atoms with E-state index in [-0.39, 0.29) is 6.79 Å². The molecule has 0 amide bonds. The van der Waals surface area contributed by atoms with Gasteiger partial charge in [0.1, 0.15) is 0 Å². The average molecular weight is 246 g/mol.